The molecule has 0 atom stereocenters. The second-order valence-corrected chi connectivity index (χ2v) is 4.70. The van der Waals surface area contributed by atoms with Gasteiger partial charge in [-0.1, -0.05) is 22.0 Å². The maximum Gasteiger partial charge on any atom is 0.337 e. The number of aliphatic hydroxyl groups excluding tert-OH is 1. The van der Waals surface area contributed by atoms with E-state index in [0.717, 1.165) is 15.4 Å². The molecule has 0 aliphatic rings. The number of benzene rings is 1. The maximum atomic E-state index is 11.1. The molecule has 0 bridgehead atoms. The van der Waals surface area contributed by atoms with Gasteiger partial charge in [0.05, 0.1) is 11.1 Å². The Bertz CT molecular complexity index is 562. The molecule has 2 N–H and O–H groups in total. The molecule has 0 unspecified atom stereocenters. The highest BCUT2D eigenvalue weighted by molar-refractivity contribution is 9.10. The largest absolute Gasteiger partial charge is 0.478 e. The molecule has 2 aromatic rings. The van der Waals surface area contributed by atoms with Crippen LogP contribution in [0.3, 0.4) is 0 Å². The van der Waals surface area contributed by atoms with Crippen molar-refractivity contribution >= 4 is 32.8 Å². The summed E-state index contributed by atoms with van der Waals surface area (Å²) in [6, 6.07) is 5.50. The summed E-state index contributed by atoms with van der Waals surface area (Å²) in [6.45, 7) is 0.701. The van der Waals surface area contributed by atoms with Crippen LogP contribution in [0.1, 0.15) is 16.8 Å². The molecule has 0 saturated heterocycles. The molecular formula is C12H12BrNO3. The van der Waals surface area contributed by atoms with E-state index in [1.165, 1.54) is 0 Å². The Hall–Kier alpha value is -1.33. The molecule has 0 aliphatic heterocycles. The Morgan fingerprint density at radius 2 is 2.18 bits per heavy atom. The number of nitrogens with zero attached hydrogens (tertiary/aromatic N) is 1. The first-order valence-electron chi connectivity index (χ1n) is 5.26. The number of carboxylic acids is 1. The lowest BCUT2D eigenvalue weighted by Gasteiger charge is -2.03. The number of hydrogen-bond acceptors (Lipinski definition) is 2. The SMILES string of the molecule is O=C(O)c1cn(CCCO)c2cc(Br)ccc12. The first-order valence-corrected chi connectivity index (χ1v) is 6.05. The molecule has 1 aromatic carbocycles. The van der Waals surface area contributed by atoms with Gasteiger partial charge in [0.2, 0.25) is 0 Å². The van der Waals surface area contributed by atoms with Crippen molar-refractivity contribution in [2.24, 2.45) is 0 Å². The fraction of sp³-hybridized carbons (Fsp3) is 0.250. The molecule has 17 heavy (non-hydrogen) atoms. The summed E-state index contributed by atoms with van der Waals surface area (Å²) in [5.74, 6) is -0.930. The molecule has 1 heterocycles. The number of aromatic carboxylic acids is 1. The second-order valence-electron chi connectivity index (χ2n) is 3.78. The van der Waals surface area contributed by atoms with Gasteiger partial charge in [0.1, 0.15) is 0 Å². The molecule has 0 amide bonds. The average molecular weight is 298 g/mol. The van der Waals surface area contributed by atoms with Gasteiger partial charge >= 0.3 is 5.97 Å². The Labute approximate surface area is 107 Å². The lowest BCUT2D eigenvalue weighted by atomic mass is 10.2. The molecule has 2 rings (SSSR count). The first-order chi connectivity index (χ1) is 8.13. The number of carboxylic acid groups (broad SMARTS) is 1. The van der Waals surface area contributed by atoms with Crippen molar-refractivity contribution < 1.29 is 15.0 Å². The zero-order valence-electron chi connectivity index (χ0n) is 9.06. The number of aliphatic hydroxyl groups is 1. The topological polar surface area (TPSA) is 62.5 Å². The van der Waals surface area contributed by atoms with Crippen molar-refractivity contribution in [1.82, 2.24) is 4.57 Å². The zero-order valence-corrected chi connectivity index (χ0v) is 10.6. The summed E-state index contributed by atoms with van der Waals surface area (Å²) < 4.78 is 2.77. The standard InChI is InChI=1S/C12H12BrNO3/c13-8-2-3-9-10(12(16)17)7-14(4-1-5-15)11(9)6-8/h2-3,6-7,15H,1,4-5H2,(H,16,17). The van der Waals surface area contributed by atoms with Crippen molar-refractivity contribution in [2.45, 2.75) is 13.0 Å². The summed E-state index contributed by atoms with van der Waals surface area (Å²) in [5.41, 5.74) is 1.16. The maximum absolute atomic E-state index is 11.1. The summed E-state index contributed by atoms with van der Waals surface area (Å²) in [7, 11) is 0. The van der Waals surface area contributed by atoms with Crippen LogP contribution in [0.5, 0.6) is 0 Å². The molecule has 0 spiro atoms. The van der Waals surface area contributed by atoms with Gasteiger partial charge in [-0.3, -0.25) is 0 Å². The van der Waals surface area contributed by atoms with Gasteiger partial charge in [-0.2, -0.15) is 0 Å². The molecule has 4 nitrogen and oxygen atoms in total. The van der Waals surface area contributed by atoms with E-state index >= 15 is 0 Å². The van der Waals surface area contributed by atoms with E-state index in [4.69, 9.17) is 10.2 Å². The number of aryl methyl sites for hydroxylation is 1. The third-order valence-corrected chi connectivity index (χ3v) is 3.13. The molecule has 0 radical (unpaired) electrons. The van der Waals surface area contributed by atoms with E-state index in [0.29, 0.717) is 18.5 Å². The summed E-state index contributed by atoms with van der Waals surface area (Å²) >= 11 is 3.37. The molecule has 0 aliphatic carbocycles. The molecule has 0 saturated carbocycles. The van der Waals surface area contributed by atoms with E-state index in [1.54, 1.807) is 12.3 Å². The van der Waals surface area contributed by atoms with E-state index < -0.39 is 5.97 Å². The van der Waals surface area contributed by atoms with Crippen LogP contribution in [0.25, 0.3) is 10.9 Å². The molecule has 5 heteroatoms. The van der Waals surface area contributed by atoms with Gasteiger partial charge in [-0.25, -0.2) is 4.79 Å². The fourth-order valence-corrected chi connectivity index (χ4v) is 2.21. The normalized spacial score (nSPS) is 10.9. The van der Waals surface area contributed by atoms with Crippen LogP contribution in [-0.4, -0.2) is 27.4 Å². The highest BCUT2D eigenvalue weighted by Crippen LogP contribution is 2.25. The van der Waals surface area contributed by atoms with Crippen LogP contribution in [0.15, 0.2) is 28.9 Å². The minimum atomic E-state index is -0.930. The number of halogens is 1. The molecular weight excluding hydrogens is 286 g/mol. The van der Waals surface area contributed by atoms with Gasteiger partial charge in [-0.05, 0) is 18.6 Å². The third kappa shape index (κ3) is 2.35. The highest BCUT2D eigenvalue weighted by Gasteiger charge is 2.13. The van der Waals surface area contributed by atoms with Crippen molar-refractivity contribution in [2.75, 3.05) is 6.61 Å². The minimum Gasteiger partial charge on any atom is -0.478 e. The van der Waals surface area contributed by atoms with Crippen LogP contribution in [0.2, 0.25) is 0 Å². The molecule has 90 valence electrons. The lowest BCUT2D eigenvalue weighted by molar-refractivity contribution is 0.0699. The van der Waals surface area contributed by atoms with E-state index in [-0.39, 0.29) is 6.61 Å². The lowest BCUT2D eigenvalue weighted by Crippen LogP contribution is -1.99. The van der Waals surface area contributed by atoms with Gasteiger partial charge in [0.15, 0.2) is 0 Å². The van der Waals surface area contributed by atoms with Crippen LogP contribution in [0, 0.1) is 0 Å². The molecule has 1 aromatic heterocycles. The van der Waals surface area contributed by atoms with E-state index in [1.807, 2.05) is 16.7 Å². The first kappa shape index (κ1) is 12.1. The predicted octanol–water partition coefficient (Wildman–Crippen LogP) is 2.48. The van der Waals surface area contributed by atoms with Crippen molar-refractivity contribution in [3.05, 3.63) is 34.4 Å². The van der Waals surface area contributed by atoms with Crippen LogP contribution in [0.4, 0.5) is 0 Å². The number of rotatable bonds is 4. The van der Waals surface area contributed by atoms with Crippen molar-refractivity contribution in [3.63, 3.8) is 0 Å². The highest BCUT2D eigenvalue weighted by atomic mass is 79.9. The number of hydrogen-bond donors (Lipinski definition) is 2. The second kappa shape index (κ2) is 4.89. The Morgan fingerprint density at radius 3 is 2.82 bits per heavy atom. The fourth-order valence-electron chi connectivity index (χ4n) is 1.86. The molecule has 0 fully saturated rings. The number of aromatic nitrogens is 1. The van der Waals surface area contributed by atoms with Crippen LogP contribution in [-0.2, 0) is 6.54 Å². The predicted molar refractivity (Wildman–Crippen MR) is 68.3 cm³/mol. The van der Waals surface area contributed by atoms with Gasteiger partial charge in [0, 0.05) is 29.2 Å². The van der Waals surface area contributed by atoms with Crippen molar-refractivity contribution in [1.29, 1.82) is 0 Å². The Kier molecular flexibility index (Phi) is 3.49. The van der Waals surface area contributed by atoms with Gasteiger partial charge in [0.25, 0.3) is 0 Å². The number of fused-ring (bicyclic) bond motifs is 1. The summed E-state index contributed by atoms with van der Waals surface area (Å²) in [4.78, 5) is 11.1. The van der Waals surface area contributed by atoms with E-state index in [9.17, 15) is 4.79 Å². The minimum absolute atomic E-state index is 0.0933. The Morgan fingerprint density at radius 1 is 1.41 bits per heavy atom. The number of carbonyl (C=O) groups is 1. The van der Waals surface area contributed by atoms with E-state index in [2.05, 4.69) is 15.9 Å². The summed E-state index contributed by atoms with van der Waals surface area (Å²) in [5, 5.41) is 18.7. The summed E-state index contributed by atoms with van der Waals surface area (Å²) in [6.07, 6.45) is 2.23. The van der Waals surface area contributed by atoms with Crippen LogP contribution >= 0.6 is 15.9 Å². The zero-order chi connectivity index (χ0) is 12.4. The monoisotopic (exact) mass is 297 g/mol. The van der Waals surface area contributed by atoms with Gasteiger partial charge < -0.3 is 14.8 Å². The third-order valence-electron chi connectivity index (χ3n) is 2.63. The average Bonchev–Trinajstić information content (AvgIpc) is 2.64. The smallest absolute Gasteiger partial charge is 0.337 e. The Balaban J connectivity index is 2.58. The van der Waals surface area contributed by atoms with Gasteiger partial charge in [-0.15, -0.1) is 0 Å². The van der Waals surface area contributed by atoms with Crippen molar-refractivity contribution in [3.8, 4) is 0 Å². The van der Waals surface area contributed by atoms with Crippen LogP contribution < -0.4 is 0 Å². The quantitative estimate of drug-likeness (QED) is 0.911.